The fraction of sp³-hybridized carbons (Fsp3) is 1.00. The number of ether oxygens (including phenoxy) is 1. The first kappa shape index (κ1) is 13.0. The van der Waals surface area contributed by atoms with E-state index >= 15 is 0 Å². The Morgan fingerprint density at radius 1 is 1.20 bits per heavy atom. The van der Waals surface area contributed by atoms with Gasteiger partial charge in [0.1, 0.15) is 0 Å². The van der Waals surface area contributed by atoms with Crippen molar-refractivity contribution < 1.29 is 4.74 Å². The molecule has 0 radical (unpaired) electrons. The molecule has 1 aliphatic carbocycles. The molecule has 0 aromatic heterocycles. The van der Waals surface area contributed by atoms with E-state index in [-0.39, 0.29) is 5.54 Å². The highest BCUT2D eigenvalue weighted by Gasteiger charge is 2.26. The SMILES string of the molecule is CCCC(C)OCC1(N)CCCCCC1. The van der Waals surface area contributed by atoms with Crippen molar-refractivity contribution in [2.24, 2.45) is 5.73 Å². The first-order valence-corrected chi connectivity index (χ1v) is 6.57. The van der Waals surface area contributed by atoms with E-state index < -0.39 is 0 Å². The maximum Gasteiger partial charge on any atom is 0.0649 e. The second-order valence-corrected chi connectivity index (χ2v) is 5.19. The molecule has 1 fully saturated rings. The first-order chi connectivity index (χ1) is 7.16. The van der Waals surface area contributed by atoms with Gasteiger partial charge in [-0.15, -0.1) is 0 Å². The zero-order valence-electron chi connectivity index (χ0n) is 10.4. The molecule has 1 saturated carbocycles. The maximum absolute atomic E-state index is 6.38. The maximum atomic E-state index is 6.38. The Morgan fingerprint density at radius 3 is 2.33 bits per heavy atom. The van der Waals surface area contributed by atoms with E-state index in [2.05, 4.69) is 13.8 Å². The van der Waals surface area contributed by atoms with Gasteiger partial charge in [0.25, 0.3) is 0 Å². The summed E-state index contributed by atoms with van der Waals surface area (Å²) < 4.78 is 5.86. The third-order valence-corrected chi connectivity index (χ3v) is 3.45. The van der Waals surface area contributed by atoms with Crippen LogP contribution in [0.3, 0.4) is 0 Å². The third kappa shape index (κ3) is 4.98. The molecule has 1 unspecified atom stereocenters. The molecule has 2 N–H and O–H groups in total. The van der Waals surface area contributed by atoms with E-state index in [1.165, 1.54) is 32.1 Å². The molecule has 0 aliphatic heterocycles. The monoisotopic (exact) mass is 213 g/mol. The number of hydrogen-bond acceptors (Lipinski definition) is 2. The van der Waals surface area contributed by atoms with Crippen LogP contribution in [-0.4, -0.2) is 18.2 Å². The summed E-state index contributed by atoms with van der Waals surface area (Å²) in [5.41, 5.74) is 6.35. The van der Waals surface area contributed by atoms with Gasteiger partial charge in [0, 0.05) is 5.54 Å². The van der Waals surface area contributed by atoms with Crippen LogP contribution in [0.2, 0.25) is 0 Å². The lowest BCUT2D eigenvalue weighted by molar-refractivity contribution is 0.0207. The lowest BCUT2D eigenvalue weighted by Crippen LogP contribution is -2.44. The third-order valence-electron chi connectivity index (χ3n) is 3.45. The summed E-state index contributed by atoms with van der Waals surface area (Å²) in [5.74, 6) is 0. The van der Waals surface area contributed by atoms with Crippen molar-refractivity contribution >= 4 is 0 Å². The Hall–Kier alpha value is -0.0800. The van der Waals surface area contributed by atoms with Gasteiger partial charge in [0.15, 0.2) is 0 Å². The summed E-state index contributed by atoms with van der Waals surface area (Å²) in [4.78, 5) is 0. The lowest BCUT2D eigenvalue weighted by atomic mass is 9.92. The van der Waals surface area contributed by atoms with Crippen molar-refractivity contribution in [2.75, 3.05) is 6.61 Å². The van der Waals surface area contributed by atoms with E-state index in [0.29, 0.717) is 6.10 Å². The Morgan fingerprint density at radius 2 is 1.80 bits per heavy atom. The van der Waals surface area contributed by atoms with Crippen molar-refractivity contribution in [1.82, 2.24) is 0 Å². The number of hydrogen-bond donors (Lipinski definition) is 1. The lowest BCUT2D eigenvalue weighted by Gasteiger charge is -2.29. The highest BCUT2D eigenvalue weighted by Crippen LogP contribution is 2.25. The van der Waals surface area contributed by atoms with Crippen molar-refractivity contribution in [3.8, 4) is 0 Å². The smallest absolute Gasteiger partial charge is 0.0649 e. The summed E-state index contributed by atoms with van der Waals surface area (Å²) >= 11 is 0. The number of rotatable bonds is 5. The predicted octanol–water partition coefficient (Wildman–Crippen LogP) is 3.24. The van der Waals surface area contributed by atoms with Gasteiger partial charge in [-0.3, -0.25) is 0 Å². The van der Waals surface area contributed by atoms with Crippen LogP contribution in [0.25, 0.3) is 0 Å². The van der Waals surface area contributed by atoms with Crippen molar-refractivity contribution in [1.29, 1.82) is 0 Å². The van der Waals surface area contributed by atoms with Gasteiger partial charge < -0.3 is 10.5 Å². The molecule has 0 spiro atoms. The van der Waals surface area contributed by atoms with Gasteiger partial charge in [0.05, 0.1) is 12.7 Å². The first-order valence-electron chi connectivity index (χ1n) is 6.57. The number of nitrogens with two attached hydrogens (primary N) is 1. The largest absolute Gasteiger partial charge is 0.377 e. The highest BCUT2D eigenvalue weighted by molar-refractivity contribution is 4.86. The molecule has 1 atom stereocenters. The molecule has 0 aromatic carbocycles. The second kappa shape index (κ2) is 6.49. The van der Waals surface area contributed by atoms with Crippen LogP contribution in [0.4, 0.5) is 0 Å². The molecule has 0 saturated heterocycles. The minimum Gasteiger partial charge on any atom is -0.377 e. The van der Waals surface area contributed by atoms with Gasteiger partial charge in [-0.05, 0) is 26.2 Å². The van der Waals surface area contributed by atoms with Crippen LogP contribution >= 0.6 is 0 Å². The Balaban J connectivity index is 2.27. The molecular formula is C13H27NO. The van der Waals surface area contributed by atoms with E-state index in [1.807, 2.05) is 0 Å². The van der Waals surface area contributed by atoms with Crippen LogP contribution in [-0.2, 0) is 4.74 Å². The Bertz CT molecular complexity index is 162. The molecule has 0 amide bonds. The molecule has 90 valence electrons. The Kier molecular flexibility index (Phi) is 5.62. The summed E-state index contributed by atoms with van der Waals surface area (Å²) in [6, 6.07) is 0. The minimum atomic E-state index is -0.0293. The van der Waals surface area contributed by atoms with Crippen LogP contribution in [0.15, 0.2) is 0 Å². The van der Waals surface area contributed by atoms with Gasteiger partial charge in [0.2, 0.25) is 0 Å². The van der Waals surface area contributed by atoms with Crippen LogP contribution in [0.5, 0.6) is 0 Å². The molecule has 0 aromatic rings. The van der Waals surface area contributed by atoms with Crippen LogP contribution in [0.1, 0.15) is 65.2 Å². The van der Waals surface area contributed by atoms with E-state index in [0.717, 1.165) is 25.9 Å². The predicted molar refractivity (Wildman–Crippen MR) is 64.9 cm³/mol. The van der Waals surface area contributed by atoms with Gasteiger partial charge in [-0.25, -0.2) is 0 Å². The van der Waals surface area contributed by atoms with E-state index in [9.17, 15) is 0 Å². The molecule has 15 heavy (non-hydrogen) atoms. The minimum absolute atomic E-state index is 0.0293. The zero-order valence-corrected chi connectivity index (χ0v) is 10.4. The van der Waals surface area contributed by atoms with Gasteiger partial charge >= 0.3 is 0 Å². The summed E-state index contributed by atoms with van der Waals surface area (Å²) in [5, 5.41) is 0. The van der Waals surface area contributed by atoms with Crippen molar-refractivity contribution in [3.05, 3.63) is 0 Å². The van der Waals surface area contributed by atoms with Crippen LogP contribution in [0, 0.1) is 0 Å². The topological polar surface area (TPSA) is 35.2 Å². The Labute approximate surface area is 94.6 Å². The molecule has 0 heterocycles. The normalized spacial score (nSPS) is 23.4. The van der Waals surface area contributed by atoms with Crippen molar-refractivity contribution in [2.45, 2.75) is 76.9 Å². The molecular weight excluding hydrogens is 186 g/mol. The second-order valence-electron chi connectivity index (χ2n) is 5.19. The molecule has 1 rings (SSSR count). The molecule has 2 heteroatoms. The fourth-order valence-corrected chi connectivity index (χ4v) is 2.38. The summed E-state index contributed by atoms with van der Waals surface area (Å²) in [7, 11) is 0. The summed E-state index contributed by atoms with van der Waals surface area (Å²) in [6.45, 7) is 5.11. The van der Waals surface area contributed by atoms with E-state index in [4.69, 9.17) is 10.5 Å². The van der Waals surface area contributed by atoms with Gasteiger partial charge in [-0.2, -0.15) is 0 Å². The van der Waals surface area contributed by atoms with Crippen LogP contribution < -0.4 is 5.73 Å². The average molecular weight is 213 g/mol. The van der Waals surface area contributed by atoms with Crippen molar-refractivity contribution in [3.63, 3.8) is 0 Å². The quantitative estimate of drug-likeness (QED) is 0.712. The zero-order chi connectivity index (χ0) is 11.1. The molecule has 2 nitrogen and oxygen atoms in total. The average Bonchev–Trinajstić information content (AvgIpc) is 2.42. The standard InChI is InChI=1S/C13H27NO/c1-3-8-12(2)15-11-13(14)9-6-4-5-7-10-13/h12H,3-11,14H2,1-2H3. The highest BCUT2D eigenvalue weighted by atomic mass is 16.5. The summed E-state index contributed by atoms with van der Waals surface area (Å²) in [6.07, 6.45) is 10.3. The molecule has 1 aliphatic rings. The fourth-order valence-electron chi connectivity index (χ4n) is 2.38. The van der Waals surface area contributed by atoms with E-state index in [1.54, 1.807) is 0 Å². The molecule has 0 bridgehead atoms. The van der Waals surface area contributed by atoms with Gasteiger partial charge in [-0.1, -0.05) is 39.0 Å².